The highest BCUT2D eigenvalue weighted by molar-refractivity contribution is 5.91. The number of carboxylic acid groups (broad SMARTS) is 1. The molecule has 2 heterocycles. The number of hydrogen-bond donors (Lipinski definition) is 1. The summed E-state index contributed by atoms with van der Waals surface area (Å²) in [6.45, 7) is 5.89. The quantitative estimate of drug-likeness (QED) is 0.892. The molecule has 1 saturated carbocycles. The van der Waals surface area contributed by atoms with Gasteiger partial charge in [-0.25, -0.2) is 0 Å². The average molecular weight is 306 g/mol. The Labute approximate surface area is 129 Å². The zero-order valence-corrected chi connectivity index (χ0v) is 13.0. The van der Waals surface area contributed by atoms with E-state index in [2.05, 4.69) is 10.3 Å². The minimum Gasteiger partial charge on any atom is -0.481 e. The third-order valence-corrected chi connectivity index (χ3v) is 5.11. The fourth-order valence-corrected chi connectivity index (χ4v) is 3.77. The Balaban J connectivity index is 1.62. The average Bonchev–Trinajstić information content (AvgIpc) is 2.82. The van der Waals surface area contributed by atoms with Crippen molar-refractivity contribution in [3.63, 3.8) is 0 Å². The number of nitrogens with zero attached hydrogens (tertiary/aromatic N) is 4. The van der Waals surface area contributed by atoms with Crippen LogP contribution < -0.4 is 0 Å². The number of hydrogen-bond acceptors (Lipinski definition) is 4. The molecule has 0 aromatic carbocycles. The number of carboxylic acids is 1. The smallest absolute Gasteiger partial charge is 0.307 e. The molecule has 22 heavy (non-hydrogen) atoms. The fourth-order valence-electron chi connectivity index (χ4n) is 3.77. The first-order valence-electron chi connectivity index (χ1n) is 7.77. The summed E-state index contributed by atoms with van der Waals surface area (Å²) in [5.74, 6) is -1.43. The topological polar surface area (TPSA) is 88.3 Å². The van der Waals surface area contributed by atoms with E-state index >= 15 is 0 Å². The molecule has 1 unspecified atom stereocenters. The molecule has 3 rings (SSSR count). The van der Waals surface area contributed by atoms with E-state index in [0.717, 1.165) is 25.9 Å². The Hall–Kier alpha value is -1.92. The van der Waals surface area contributed by atoms with Crippen molar-refractivity contribution >= 4 is 11.9 Å². The summed E-state index contributed by atoms with van der Waals surface area (Å²) in [5.41, 5.74) is -0.429. The molecule has 1 N–H and O–H groups in total. The van der Waals surface area contributed by atoms with Crippen LogP contribution in [-0.4, -0.2) is 50.0 Å². The molecule has 7 nitrogen and oxygen atoms in total. The van der Waals surface area contributed by atoms with Gasteiger partial charge in [0.1, 0.15) is 0 Å². The van der Waals surface area contributed by atoms with Gasteiger partial charge in [0.25, 0.3) is 0 Å². The Morgan fingerprint density at radius 2 is 2.14 bits per heavy atom. The summed E-state index contributed by atoms with van der Waals surface area (Å²) in [4.78, 5) is 25.8. The molecule has 7 heteroatoms. The second kappa shape index (κ2) is 5.37. The molecule has 2 aliphatic rings. The van der Waals surface area contributed by atoms with Gasteiger partial charge in [-0.2, -0.15) is 0 Å². The minimum atomic E-state index is -0.862. The van der Waals surface area contributed by atoms with E-state index < -0.39 is 17.3 Å². The molecule has 2 fully saturated rings. The highest BCUT2D eigenvalue weighted by atomic mass is 16.4. The fraction of sp³-hybridized carbons (Fsp3) is 0.733. The van der Waals surface area contributed by atoms with Crippen LogP contribution in [-0.2, 0) is 16.1 Å². The zero-order valence-electron chi connectivity index (χ0n) is 13.0. The Morgan fingerprint density at radius 3 is 2.73 bits per heavy atom. The summed E-state index contributed by atoms with van der Waals surface area (Å²) < 4.78 is 1.79. The van der Waals surface area contributed by atoms with E-state index in [1.807, 2.05) is 24.9 Å². The van der Waals surface area contributed by atoms with Crippen molar-refractivity contribution in [3.05, 3.63) is 12.4 Å². The van der Waals surface area contributed by atoms with Gasteiger partial charge in [-0.3, -0.25) is 14.3 Å². The van der Waals surface area contributed by atoms with Gasteiger partial charge in [-0.15, -0.1) is 5.10 Å². The molecule has 1 aliphatic heterocycles. The summed E-state index contributed by atoms with van der Waals surface area (Å²) in [6.07, 6.45) is 5.48. The van der Waals surface area contributed by atoms with Gasteiger partial charge in [0.2, 0.25) is 5.91 Å². The molecular weight excluding hydrogens is 284 g/mol. The molecule has 1 amide bonds. The van der Waals surface area contributed by atoms with Crippen molar-refractivity contribution < 1.29 is 14.7 Å². The normalized spacial score (nSPS) is 30.1. The van der Waals surface area contributed by atoms with Crippen LogP contribution in [0.15, 0.2) is 12.4 Å². The van der Waals surface area contributed by atoms with Crippen LogP contribution in [0.3, 0.4) is 0 Å². The van der Waals surface area contributed by atoms with Gasteiger partial charge < -0.3 is 10.0 Å². The standard InChI is InChI=1S/C15H22N4O3/c1-15(2)11(12(15)14(21)22)13(20)18-6-3-4-10(8-18)9-19-7-5-16-17-19/h5,7,10-12H,3-4,6,8-9H2,1-2H3,(H,21,22)/t10?,11-,12+/m1/s1. The van der Waals surface area contributed by atoms with E-state index in [-0.39, 0.29) is 11.8 Å². The maximum absolute atomic E-state index is 12.7. The lowest BCUT2D eigenvalue weighted by molar-refractivity contribution is -0.142. The van der Waals surface area contributed by atoms with E-state index in [4.69, 9.17) is 0 Å². The number of amides is 1. The number of carbonyl (C=O) groups excluding carboxylic acids is 1. The van der Waals surface area contributed by atoms with Crippen molar-refractivity contribution in [2.75, 3.05) is 13.1 Å². The molecule has 1 saturated heterocycles. The summed E-state index contributed by atoms with van der Waals surface area (Å²) in [5, 5.41) is 17.0. The number of aliphatic carboxylic acids is 1. The third-order valence-electron chi connectivity index (χ3n) is 5.11. The number of likely N-dealkylation sites (tertiary alicyclic amines) is 1. The van der Waals surface area contributed by atoms with Crippen LogP contribution in [0.4, 0.5) is 0 Å². The van der Waals surface area contributed by atoms with Crippen LogP contribution in [0.25, 0.3) is 0 Å². The van der Waals surface area contributed by atoms with Crippen LogP contribution in [0.2, 0.25) is 0 Å². The lowest BCUT2D eigenvalue weighted by Gasteiger charge is -2.33. The van der Waals surface area contributed by atoms with Gasteiger partial charge in [-0.05, 0) is 24.2 Å². The molecule has 3 atom stereocenters. The second-order valence-electron chi connectivity index (χ2n) is 7.03. The van der Waals surface area contributed by atoms with Crippen molar-refractivity contribution in [2.45, 2.75) is 33.2 Å². The Kier molecular flexibility index (Phi) is 3.66. The molecule has 1 aromatic rings. The van der Waals surface area contributed by atoms with Crippen molar-refractivity contribution in [1.29, 1.82) is 0 Å². The van der Waals surface area contributed by atoms with Gasteiger partial charge in [0.05, 0.1) is 18.0 Å². The minimum absolute atomic E-state index is 0.000639. The van der Waals surface area contributed by atoms with Crippen LogP contribution >= 0.6 is 0 Å². The number of aromatic nitrogens is 3. The van der Waals surface area contributed by atoms with Crippen LogP contribution in [0, 0.1) is 23.2 Å². The van der Waals surface area contributed by atoms with Gasteiger partial charge in [0, 0.05) is 25.8 Å². The van der Waals surface area contributed by atoms with Crippen molar-refractivity contribution in [3.8, 4) is 0 Å². The van der Waals surface area contributed by atoms with E-state index in [0.29, 0.717) is 12.5 Å². The third kappa shape index (κ3) is 2.60. The summed E-state index contributed by atoms with van der Waals surface area (Å²) >= 11 is 0. The predicted octanol–water partition coefficient (Wildman–Crippen LogP) is 0.873. The monoisotopic (exact) mass is 306 g/mol. The van der Waals surface area contributed by atoms with E-state index in [1.54, 1.807) is 10.9 Å². The molecule has 0 radical (unpaired) electrons. The van der Waals surface area contributed by atoms with E-state index in [1.165, 1.54) is 0 Å². The molecule has 0 bridgehead atoms. The van der Waals surface area contributed by atoms with Crippen LogP contribution in [0.5, 0.6) is 0 Å². The predicted molar refractivity (Wildman–Crippen MR) is 77.7 cm³/mol. The van der Waals surface area contributed by atoms with Crippen molar-refractivity contribution in [2.24, 2.45) is 23.2 Å². The second-order valence-corrected chi connectivity index (χ2v) is 7.03. The first-order valence-corrected chi connectivity index (χ1v) is 7.77. The maximum atomic E-state index is 12.7. The Bertz CT molecular complexity index is 569. The largest absolute Gasteiger partial charge is 0.481 e. The van der Waals surface area contributed by atoms with E-state index in [9.17, 15) is 14.7 Å². The summed E-state index contributed by atoms with van der Waals surface area (Å²) in [7, 11) is 0. The lowest BCUT2D eigenvalue weighted by atomic mass is 9.97. The Morgan fingerprint density at radius 1 is 1.36 bits per heavy atom. The number of rotatable bonds is 4. The molecule has 120 valence electrons. The number of piperidine rings is 1. The lowest BCUT2D eigenvalue weighted by Crippen LogP contribution is -2.42. The first kappa shape index (κ1) is 15.0. The molecule has 0 spiro atoms. The number of carbonyl (C=O) groups is 2. The van der Waals surface area contributed by atoms with Gasteiger partial charge >= 0.3 is 5.97 Å². The first-order chi connectivity index (χ1) is 10.4. The zero-order chi connectivity index (χ0) is 15.9. The van der Waals surface area contributed by atoms with Crippen molar-refractivity contribution in [1.82, 2.24) is 19.9 Å². The van der Waals surface area contributed by atoms with Crippen LogP contribution in [0.1, 0.15) is 26.7 Å². The van der Waals surface area contributed by atoms with Gasteiger partial charge in [0.15, 0.2) is 0 Å². The highest BCUT2D eigenvalue weighted by Gasteiger charge is 2.66. The maximum Gasteiger partial charge on any atom is 0.307 e. The molecular formula is C15H22N4O3. The van der Waals surface area contributed by atoms with Gasteiger partial charge in [-0.1, -0.05) is 19.1 Å². The highest BCUT2D eigenvalue weighted by Crippen LogP contribution is 2.59. The molecule has 1 aliphatic carbocycles. The molecule has 1 aromatic heterocycles. The SMILES string of the molecule is CC1(C)[C@H](C(=O)O)[C@@H]1C(=O)N1CCCC(Cn2ccnn2)C1. The summed E-state index contributed by atoms with van der Waals surface area (Å²) in [6, 6.07) is 0.